The zero-order chi connectivity index (χ0) is 20.8. The summed E-state index contributed by atoms with van der Waals surface area (Å²) in [5.41, 5.74) is 0.345. The van der Waals surface area contributed by atoms with Gasteiger partial charge in [-0.3, -0.25) is 4.79 Å². The third kappa shape index (κ3) is 3.72. The predicted octanol–water partition coefficient (Wildman–Crippen LogP) is 4.72. The van der Waals surface area contributed by atoms with Crippen LogP contribution in [0.1, 0.15) is 29.4 Å². The Kier molecular flexibility index (Phi) is 4.60. The van der Waals surface area contributed by atoms with Crippen LogP contribution in [0.25, 0.3) is 11.4 Å². The van der Waals surface area contributed by atoms with E-state index in [1.807, 2.05) is 0 Å². The van der Waals surface area contributed by atoms with Crippen molar-refractivity contribution in [3.63, 3.8) is 0 Å². The molecule has 9 heteroatoms. The maximum atomic E-state index is 13.5. The molecule has 3 aromatic rings. The first-order chi connectivity index (χ1) is 13.7. The van der Waals surface area contributed by atoms with Crippen LogP contribution in [-0.4, -0.2) is 22.6 Å². The molecule has 1 amide bonds. The van der Waals surface area contributed by atoms with Gasteiger partial charge in [0.25, 0.3) is 0 Å². The van der Waals surface area contributed by atoms with E-state index in [0.717, 1.165) is 12.1 Å². The summed E-state index contributed by atoms with van der Waals surface area (Å²) in [6.45, 7) is 1.87. The lowest BCUT2D eigenvalue weighted by Crippen LogP contribution is -2.24. The standard InChI is InChI=1S/C20H15F4N3O2/c1-11-7-15(5-6-16(11)21)27-10-13(9-17(27)28)19-25-18(26-29-19)12-3-2-4-14(8-12)20(22,23)24/h2-8,13H,9-10H2,1H3. The number of hydrogen-bond donors (Lipinski definition) is 0. The number of alkyl halides is 3. The molecule has 0 aliphatic carbocycles. The first-order valence-corrected chi connectivity index (χ1v) is 8.80. The summed E-state index contributed by atoms with van der Waals surface area (Å²) in [4.78, 5) is 18.1. The highest BCUT2D eigenvalue weighted by Crippen LogP contribution is 2.34. The average Bonchev–Trinajstić information content (AvgIpc) is 3.30. The van der Waals surface area contributed by atoms with Crippen LogP contribution in [-0.2, 0) is 11.0 Å². The molecule has 1 saturated heterocycles. The van der Waals surface area contributed by atoms with Gasteiger partial charge in [-0.05, 0) is 42.8 Å². The fraction of sp³-hybridized carbons (Fsp3) is 0.250. The molecule has 150 valence electrons. The van der Waals surface area contributed by atoms with Crippen molar-refractivity contribution >= 4 is 11.6 Å². The molecule has 1 aliphatic heterocycles. The Bertz CT molecular complexity index is 1080. The van der Waals surface area contributed by atoms with Crippen LogP contribution in [0, 0.1) is 12.7 Å². The molecule has 29 heavy (non-hydrogen) atoms. The Morgan fingerprint density at radius 2 is 1.97 bits per heavy atom. The molecule has 2 heterocycles. The van der Waals surface area contributed by atoms with E-state index in [1.165, 1.54) is 29.2 Å². The number of amides is 1. The second kappa shape index (κ2) is 6.98. The third-order valence-electron chi connectivity index (χ3n) is 4.82. The summed E-state index contributed by atoms with van der Waals surface area (Å²) in [7, 11) is 0. The Morgan fingerprint density at radius 3 is 2.69 bits per heavy atom. The van der Waals surface area contributed by atoms with E-state index >= 15 is 0 Å². The van der Waals surface area contributed by atoms with Crippen molar-refractivity contribution in [2.75, 3.05) is 11.4 Å². The molecular weight excluding hydrogens is 390 g/mol. The summed E-state index contributed by atoms with van der Waals surface area (Å²) in [6, 6.07) is 9.03. The Morgan fingerprint density at radius 1 is 1.17 bits per heavy atom. The summed E-state index contributed by atoms with van der Waals surface area (Å²) >= 11 is 0. The number of halogens is 4. The van der Waals surface area contributed by atoms with Gasteiger partial charge in [-0.2, -0.15) is 18.2 Å². The van der Waals surface area contributed by atoms with Crippen LogP contribution >= 0.6 is 0 Å². The molecule has 5 nitrogen and oxygen atoms in total. The van der Waals surface area contributed by atoms with Gasteiger partial charge < -0.3 is 9.42 Å². The van der Waals surface area contributed by atoms with E-state index in [1.54, 1.807) is 13.0 Å². The van der Waals surface area contributed by atoms with Gasteiger partial charge in [0.15, 0.2) is 0 Å². The molecule has 1 aromatic heterocycles. The zero-order valence-electron chi connectivity index (χ0n) is 15.2. The van der Waals surface area contributed by atoms with Gasteiger partial charge in [-0.1, -0.05) is 17.3 Å². The van der Waals surface area contributed by atoms with Gasteiger partial charge >= 0.3 is 6.18 Å². The van der Waals surface area contributed by atoms with Gasteiger partial charge in [-0.15, -0.1) is 0 Å². The maximum absolute atomic E-state index is 13.5. The molecule has 1 atom stereocenters. The Labute approximate surface area is 162 Å². The van der Waals surface area contributed by atoms with E-state index in [2.05, 4.69) is 10.1 Å². The molecule has 0 radical (unpaired) electrons. The second-order valence-corrected chi connectivity index (χ2v) is 6.87. The molecule has 1 aliphatic rings. The van der Waals surface area contributed by atoms with E-state index in [0.29, 0.717) is 11.3 Å². The highest BCUT2D eigenvalue weighted by molar-refractivity contribution is 5.96. The van der Waals surface area contributed by atoms with Gasteiger partial charge in [0, 0.05) is 24.2 Å². The van der Waals surface area contributed by atoms with Gasteiger partial charge in [0.2, 0.25) is 17.6 Å². The number of aromatic nitrogens is 2. The fourth-order valence-electron chi connectivity index (χ4n) is 3.27. The van der Waals surface area contributed by atoms with Crippen molar-refractivity contribution in [2.24, 2.45) is 0 Å². The molecule has 0 N–H and O–H groups in total. The molecule has 1 fully saturated rings. The topological polar surface area (TPSA) is 59.2 Å². The van der Waals surface area contributed by atoms with Crippen molar-refractivity contribution in [2.45, 2.75) is 25.4 Å². The average molecular weight is 405 g/mol. The summed E-state index contributed by atoms with van der Waals surface area (Å²) < 4.78 is 57.4. The molecule has 0 bridgehead atoms. The molecule has 0 spiro atoms. The van der Waals surface area contributed by atoms with Gasteiger partial charge in [0.1, 0.15) is 5.82 Å². The van der Waals surface area contributed by atoms with Crippen molar-refractivity contribution < 1.29 is 26.9 Å². The zero-order valence-corrected chi connectivity index (χ0v) is 15.2. The number of carbonyl (C=O) groups is 1. The monoisotopic (exact) mass is 405 g/mol. The lowest BCUT2D eigenvalue weighted by atomic mass is 10.1. The highest BCUT2D eigenvalue weighted by atomic mass is 19.4. The Hall–Kier alpha value is -3.23. The normalized spacial score (nSPS) is 17.2. The lowest BCUT2D eigenvalue weighted by molar-refractivity contribution is -0.137. The largest absolute Gasteiger partial charge is 0.416 e. The van der Waals surface area contributed by atoms with Crippen LogP contribution in [0.3, 0.4) is 0 Å². The minimum atomic E-state index is -4.48. The van der Waals surface area contributed by atoms with Crippen molar-refractivity contribution in [3.8, 4) is 11.4 Å². The van der Waals surface area contributed by atoms with Crippen LogP contribution in [0.15, 0.2) is 47.0 Å². The minimum absolute atomic E-state index is 0.0228. The third-order valence-corrected chi connectivity index (χ3v) is 4.82. The maximum Gasteiger partial charge on any atom is 0.416 e. The number of carbonyl (C=O) groups excluding carboxylic acids is 1. The van der Waals surface area contributed by atoms with E-state index in [4.69, 9.17) is 4.52 Å². The SMILES string of the molecule is Cc1cc(N2CC(c3nc(-c4cccc(C(F)(F)F)c4)no3)CC2=O)ccc1F. The first-order valence-electron chi connectivity index (χ1n) is 8.80. The lowest BCUT2D eigenvalue weighted by Gasteiger charge is -2.16. The van der Waals surface area contributed by atoms with Crippen LogP contribution < -0.4 is 4.90 Å². The summed E-state index contributed by atoms with van der Waals surface area (Å²) in [5, 5.41) is 3.77. The Balaban J connectivity index is 1.56. The molecule has 0 saturated carbocycles. The quantitative estimate of drug-likeness (QED) is 0.592. The molecule has 4 rings (SSSR count). The predicted molar refractivity (Wildman–Crippen MR) is 95.6 cm³/mol. The van der Waals surface area contributed by atoms with Gasteiger partial charge in [-0.25, -0.2) is 4.39 Å². The number of anilines is 1. The van der Waals surface area contributed by atoms with Crippen molar-refractivity contribution in [3.05, 3.63) is 65.3 Å². The molecular formula is C20H15F4N3O2. The summed E-state index contributed by atoms with van der Waals surface area (Å²) in [6.07, 6.45) is -4.37. The molecule has 2 aromatic carbocycles. The molecule has 1 unspecified atom stereocenters. The van der Waals surface area contributed by atoms with Crippen LogP contribution in [0.4, 0.5) is 23.2 Å². The number of rotatable bonds is 3. The van der Waals surface area contributed by atoms with Crippen molar-refractivity contribution in [1.29, 1.82) is 0 Å². The smallest absolute Gasteiger partial charge is 0.339 e. The minimum Gasteiger partial charge on any atom is -0.339 e. The van der Waals surface area contributed by atoms with E-state index in [9.17, 15) is 22.4 Å². The number of hydrogen-bond acceptors (Lipinski definition) is 4. The van der Waals surface area contributed by atoms with E-state index in [-0.39, 0.29) is 42.0 Å². The van der Waals surface area contributed by atoms with Crippen LogP contribution in [0.5, 0.6) is 0 Å². The first kappa shape index (κ1) is 19.1. The number of aryl methyl sites for hydroxylation is 1. The van der Waals surface area contributed by atoms with E-state index < -0.39 is 17.7 Å². The van der Waals surface area contributed by atoms with Gasteiger partial charge in [0.05, 0.1) is 11.5 Å². The second-order valence-electron chi connectivity index (χ2n) is 6.87. The van der Waals surface area contributed by atoms with Crippen LogP contribution in [0.2, 0.25) is 0 Å². The summed E-state index contributed by atoms with van der Waals surface area (Å²) in [5.74, 6) is -0.749. The number of nitrogens with zero attached hydrogens (tertiary/aromatic N) is 3. The highest BCUT2D eigenvalue weighted by Gasteiger charge is 2.36. The fourth-order valence-corrected chi connectivity index (χ4v) is 3.27. The number of benzene rings is 2. The van der Waals surface area contributed by atoms with Crippen molar-refractivity contribution in [1.82, 2.24) is 10.1 Å².